The molecule has 2 aromatic carbocycles. The van der Waals surface area contributed by atoms with E-state index in [1.165, 1.54) is 40.1 Å². The third kappa shape index (κ3) is 4.55. The molecular weight excluding hydrogens is 453 g/mol. The molecule has 186 valence electrons. The number of anilines is 1. The van der Waals surface area contributed by atoms with Crippen molar-refractivity contribution < 1.29 is 9.13 Å². The smallest absolute Gasteiger partial charge is 0.125 e. The molecule has 0 unspecified atom stereocenters. The lowest BCUT2D eigenvalue weighted by Crippen LogP contribution is -2.58. The zero-order valence-corrected chi connectivity index (χ0v) is 20.7. The summed E-state index contributed by atoms with van der Waals surface area (Å²) in [6.07, 6.45) is 12.2. The van der Waals surface area contributed by atoms with Crippen LogP contribution >= 0.6 is 0 Å². The Morgan fingerprint density at radius 3 is 2.53 bits per heavy atom. The molecule has 0 spiro atoms. The number of nitrogens with one attached hydrogen (secondary N) is 2. The van der Waals surface area contributed by atoms with E-state index in [4.69, 9.17) is 9.73 Å². The fraction of sp³-hybridized carbons (Fsp3) is 0.379. The number of nitrogens with zero attached hydrogens (tertiary/aromatic N) is 3. The Bertz CT molecular complexity index is 1320. The van der Waals surface area contributed by atoms with Gasteiger partial charge in [0.25, 0.3) is 0 Å². The van der Waals surface area contributed by atoms with Gasteiger partial charge in [0.05, 0.1) is 25.2 Å². The quantitative estimate of drug-likeness (QED) is 0.488. The zero-order valence-electron chi connectivity index (χ0n) is 20.7. The van der Waals surface area contributed by atoms with Crippen LogP contribution in [0.15, 0.2) is 59.5 Å². The predicted molar refractivity (Wildman–Crippen MR) is 141 cm³/mol. The minimum atomic E-state index is -0.389. The summed E-state index contributed by atoms with van der Waals surface area (Å²) in [6, 6.07) is 11.0. The fourth-order valence-electron chi connectivity index (χ4n) is 5.44. The molecule has 0 bridgehead atoms. The van der Waals surface area contributed by atoms with Crippen LogP contribution in [0.1, 0.15) is 48.1 Å². The van der Waals surface area contributed by atoms with Gasteiger partial charge in [0.15, 0.2) is 0 Å². The van der Waals surface area contributed by atoms with Crippen LogP contribution in [0.5, 0.6) is 0 Å². The van der Waals surface area contributed by atoms with Gasteiger partial charge in [-0.3, -0.25) is 4.99 Å². The first-order valence-corrected chi connectivity index (χ1v) is 12.9. The largest absolute Gasteiger partial charge is 0.381 e. The zero-order chi connectivity index (χ0) is 24.5. The SMILES string of the molecule is Cc1cn(-c2ccc(/C=C3\CCCN=C3NC3(Nc4ccc(F)cc4)CCOCC3)c3c2CC3)cn1. The van der Waals surface area contributed by atoms with Crippen molar-refractivity contribution in [2.24, 2.45) is 4.99 Å². The number of aromatic nitrogens is 2. The van der Waals surface area contributed by atoms with Crippen LogP contribution in [-0.2, 0) is 17.6 Å². The highest BCUT2D eigenvalue weighted by Crippen LogP contribution is 2.34. The number of benzene rings is 2. The van der Waals surface area contributed by atoms with Crippen molar-refractivity contribution in [1.82, 2.24) is 14.9 Å². The molecule has 3 aliphatic rings. The molecule has 0 saturated carbocycles. The van der Waals surface area contributed by atoms with E-state index in [0.29, 0.717) is 13.2 Å². The van der Waals surface area contributed by atoms with Crippen molar-refractivity contribution in [2.75, 3.05) is 25.1 Å². The summed E-state index contributed by atoms with van der Waals surface area (Å²) >= 11 is 0. The average Bonchev–Trinajstić information content (AvgIpc) is 3.29. The number of amidine groups is 1. The van der Waals surface area contributed by atoms with E-state index >= 15 is 0 Å². The first-order chi connectivity index (χ1) is 17.6. The minimum absolute atomic E-state index is 0.234. The lowest BCUT2D eigenvalue weighted by Gasteiger charge is -2.41. The Hall–Kier alpha value is -3.45. The summed E-state index contributed by atoms with van der Waals surface area (Å²) < 4.78 is 21.3. The lowest BCUT2D eigenvalue weighted by molar-refractivity contribution is 0.0555. The third-order valence-electron chi connectivity index (χ3n) is 7.50. The van der Waals surface area contributed by atoms with Gasteiger partial charge in [0, 0.05) is 37.0 Å². The van der Waals surface area contributed by atoms with Crippen molar-refractivity contribution in [3.8, 4) is 5.69 Å². The van der Waals surface area contributed by atoms with E-state index in [1.54, 1.807) is 12.1 Å². The lowest BCUT2D eigenvalue weighted by atomic mass is 9.82. The number of hydrogen-bond acceptors (Lipinski definition) is 5. The van der Waals surface area contributed by atoms with Crippen LogP contribution in [0, 0.1) is 12.7 Å². The minimum Gasteiger partial charge on any atom is -0.381 e. The molecule has 1 aliphatic carbocycles. The van der Waals surface area contributed by atoms with E-state index < -0.39 is 0 Å². The van der Waals surface area contributed by atoms with Gasteiger partial charge in [0.2, 0.25) is 0 Å². The van der Waals surface area contributed by atoms with Gasteiger partial charge >= 0.3 is 0 Å². The van der Waals surface area contributed by atoms with E-state index in [2.05, 4.69) is 44.6 Å². The summed E-state index contributed by atoms with van der Waals surface area (Å²) in [5.41, 5.74) is 8.14. The second-order valence-electron chi connectivity index (χ2n) is 10.0. The normalized spacial score (nSPS) is 19.8. The Morgan fingerprint density at radius 2 is 1.81 bits per heavy atom. The van der Waals surface area contributed by atoms with Gasteiger partial charge in [-0.2, -0.15) is 0 Å². The van der Waals surface area contributed by atoms with E-state index in [0.717, 1.165) is 62.3 Å². The van der Waals surface area contributed by atoms with Gasteiger partial charge in [-0.15, -0.1) is 0 Å². The summed E-state index contributed by atoms with van der Waals surface area (Å²) in [5, 5.41) is 7.42. The van der Waals surface area contributed by atoms with Gasteiger partial charge in [-0.1, -0.05) is 6.07 Å². The summed E-state index contributed by atoms with van der Waals surface area (Å²) in [4.78, 5) is 9.33. The Balaban J connectivity index is 1.29. The first kappa shape index (κ1) is 23.0. The van der Waals surface area contributed by atoms with Crippen molar-refractivity contribution in [2.45, 2.75) is 51.1 Å². The molecule has 6 rings (SSSR count). The van der Waals surface area contributed by atoms with Crippen LogP contribution < -0.4 is 10.6 Å². The molecule has 2 aliphatic heterocycles. The number of aliphatic imine (C=N–C) groups is 1. The van der Waals surface area contributed by atoms with Crippen molar-refractivity contribution >= 4 is 17.6 Å². The Labute approximate surface area is 211 Å². The molecule has 2 N–H and O–H groups in total. The molecule has 0 amide bonds. The van der Waals surface area contributed by atoms with Crippen molar-refractivity contribution in [1.29, 1.82) is 0 Å². The first-order valence-electron chi connectivity index (χ1n) is 12.9. The number of imidazole rings is 1. The van der Waals surface area contributed by atoms with Crippen LogP contribution in [0.4, 0.5) is 10.1 Å². The maximum Gasteiger partial charge on any atom is 0.125 e. The highest BCUT2D eigenvalue weighted by Gasteiger charge is 2.34. The van der Waals surface area contributed by atoms with Crippen molar-refractivity contribution in [3.63, 3.8) is 0 Å². The maximum absolute atomic E-state index is 13.5. The number of rotatable bonds is 5. The van der Waals surface area contributed by atoms with Crippen LogP contribution in [0.25, 0.3) is 11.8 Å². The molecule has 1 fully saturated rings. The molecular formula is C29H32FN5O. The molecule has 6 nitrogen and oxygen atoms in total. The monoisotopic (exact) mass is 485 g/mol. The summed E-state index contributed by atoms with van der Waals surface area (Å²) in [5.74, 6) is 0.724. The Kier molecular flexibility index (Phi) is 6.09. The molecule has 36 heavy (non-hydrogen) atoms. The van der Waals surface area contributed by atoms with Gasteiger partial charge in [-0.05, 0) is 91.3 Å². The number of halogens is 1. The second-order valence-corrected chi connectivity index (χ2v) is 10.0. The predicted octanol–water partition coefficient (Wildman–Crippen LogP) is 5.20. The second kappa shape index (κ2) is 9.54. The van der Waals surface area contributed by atoms with E-state index in [-0.39, 0.29) is 11.5 Å². The van der Waals surface area contributed by atoms with Crippen LogP contribution in [0.3, 0.4) is 0 Å². The van der Waals surface area contributed by atoms with Gasteiger partial charge < -0.3 is 19.9 Å². The number of aryl methyl sites for hydroxylation is 1. The van der Waals surface area contributed by atoms with Gasteiger partial charge in [0.1, 0.15) is 17.3 Å². The number of ether oxygens (including phenoxy) is 1. The molecule has 3 heterocycles. The van der Waals surface area contributed by atoms with Crippen LogP contribution in [0.2, 0.25) is 0 Å². The van der Waals surface area contributed by atoms with Crippen molar-refractivity contribution in [3.05, 3.63) is 82.7 Å². The third-order valence-corrected chi connectivity index (χ3v) is 7.50. The number of hydrogen-bond donors (Lipinski definition) is 2. The fourth-order valence-corrected chi connectivity index (χ4v) is 5.44. The molecule has 1 saturated heterocycles. The average molecular weight is 486 g/mol. The summed E-state index contributed by atoms with van der Waals surface area (Å²) in [7, 11) is 0. The number of fused-ring (bicyclic) bond motifs is 1. The standard InChI is InChI=1S/C29H32FN5O/c1-20-18-35(19-32-20)27-11-4-21(25-9-10-26(25)27)17-22-3-2-14-31-28(22)34-29(12-15-36-16-13-29)33-24-7-5-23(30)6-8-24/h4-8,11,17-19,33H,2-3,9-10,12-16H2,1H3,(H,31,34)/b22-17+. The molecule has 1 aromatic heterocycles. The Morgan fingerprint density at radius 1 is 1.00 bits per heavy atom. The van der Waals surface area contributed by atoms with E-state index in [9.17, 15) is 4.39 Å². The summed E-state index contributed by atoms with van der Waals surface area (Å²) in [6.45, 7) is 4.17. The topological polar surface area (TPSA) is 63.5 Å². The molecule has 7 heteroatoms. The van der Waals surface area contributed by atoms with Crippen LogP contribution in [-0.4, -0.2) is 40.8 Å². The van der Waals surface area contributed by atoms with Gasteiger partial charge in [-0.25, -0.2) is 9.37 Å². The highest BCUT2D eigenvalue weighted by atomic mass is 19.1. The maximum atomic E-state index is 13.5. The van der Waals surface area contributed by atoms with E-state index in [1.807, 2.05) is 13.3 Å². The molecule has 0 radical (unpaired) electrons. The highest BCUT2D eigenvalue weighted by molar-refractivity contribution is 6.03. The molecule has 0 atom stereocenters. The molecule has 3 aromatic rings.